The third-order valence-corrected chi connectivity index (χ3v) is 4.76. The molecule has 27 heavy (non-hydrogen) atoms. The molecule has 2 aromatic heterocycles. The number of hydrogen-bond donors (Lipinski definition) is 2. The van der Waals surface area contributed by atoms with Gasteiger partial charge in [0, 0.05) is 43.0 Å². The van der Waals surface area contributed by atoms with Crippen molar-refractivity contribution in [1.82, 2.24) is 14.9 Å². The highest BCUT2D eigenvalue weighted by atomic mass is 16.5. The number of nitrogens with zero attached hydrogens (tertiary/aromatic N) is 3. The van der Waals surface area contributed by atoms with Crippen molar-refractivity contribution in [2.75, 3.05) is 32.8 Å². The number of hydrogen-bond acceptors (Lipinski definition) is 5. The molecule has 0 bridgehead atoms. The number of aromatic amines is 1. The van der Waals surface area contributed by atoms with Crippen molar-refractivity contribution in [3.05, 3.63) is 53.9 Å². The molecule has 4 rings (SSSR count). The molecule has 0 amide bonds. The van der Waals surface area contributed by atoms with Crippen LogP contribution in [-0.4, -0.2) is 52.8 Å². The van der Waals surface area contributed by atoms with Crippen LogP contribution in [0.25, 0.3) is 28.2 Å². The Balaban J connectivity index is 1.60. The number of morpholine rings is 1. The lowest BCUT2D eigenvalue weighted by Crippen LogP contribution is -2.36. The Morgan fingerprint density at radius 2 is 2.15 bits per heavy atom. The molecule has 0 spiro atoms. The molecule has 1 aliphatic heterocycles. The van der Waals surface area contributed by atoms with Gasteiger partial charge >= 0.3 is 0 Å². The van der Waals surface area contributed by atoms with Gasteiger partial charge in [-0.1, -0.05) is 18.2 Å². The zero-order valence-corrected chi connectivity index (χ0v) is 14.9. The number of nitrogens with one attached hydrogen (secondary N) is 1. The van der Waals surface area contributed by atoms with Gasteiger partial charge < -0.3 is 14.8 Å². The molecule has 6 heteroatoms. The van der Waals surface area contributed by atoms with Crippen molar-refractivity contribution in [3.63, 3.8) is 0 Å². The van der Waals surface area contributed by atoms with E-state index in [1.54, 1.807) is 18.2 Å². The molecule has 0 aliphatic carbocycles. The zero-order chi connectivity index (χ0) is 18.6. The van der Waals surface area contributed by atoms with Crippen molar-refractivity contribution in [2.24, 2.45) is 0 Å². The molecule has 0 unspecified atom stereocenters. The summed E-state index contributed by atoms with van der Waals surface area (Å²) in [7, 11) is 0. The smallest absolute Gasteiger partial charge is 0.137 e. The first-order chi connectivity index (χ1) is 13.2. The van der Waals surface area contributed by atoms with Gasteiger partial charge in [0.25, 0.3) is 0 Å². The first-order valence-electron chi connectivity index (χ1n) is 8.92. The molecule has 0 saturated carbocycles. The molecule has 2 N–H and O–H groups in total. The summed E-state index contributed by atoms with van der Waals surface area (Å²) in [5.74, 6) is -0.00838. The average Bonchev–Trinajstić information content (AvgIpc) is 3.12. The van der Waals surface area contributed by atoms with Crippen LogP contribution in [0.5, 0.6) is 5.75 Å². The summed E-state index contributed by atoms with van der Waals surface area (Å²) >= 11 is 0. The van der Waals surface area contributed by atoms with E-state index in [1.807, 2.05) is 18.5 Å². The molecule has 1 aromatic carbocycles. The van der Waals surface area contributed by atoms with Crippen molar-refractivity contribution in [2.45, 2.75) is 0 Å². The van der Waals surface area contributed by atoms with Gasteiger partial charge in [-0.05, 0) is 29.3 Å². The predicted molar refractivity (Wildman–Crippen MR) is 104 cm³/mol. The monoisotopic (exact) mass is 360 g/mol. The summed E-state index contributed by atoms with van der Waals surface area (Å²) in [6.45, 7) is 4.42. The number of phenols is 1. The van der Waals surface area contributed by atoms with Crippen LogP contribution in [0.1, 0.15) is 11.1 Å². The van der Waals surface area contributed by atoms with Crippen molar-refractivity contribution in [3.8, 4) is 22.9 Å². The Hall–Kier alpha value is -3.14. The molecule has 0 atom stereocenters. The van der Waals surface area contributed by atoms with E-state index in [0.29, 0.717) is 0 Å². The fourth-order valence-electron chi connectivity index (χ4n) is 3.26. The molecular formula is C21H20N4O2. The largest absolute Gasteiger partial charge is 0.507 e. The minimum absolute atomic E-state index is 0.00838. The third-order valence-electron chi connectivity index (χ3n) is 4.76. The maximum Gasteiger partial charge on any atom is 0.137 e. The van der Waals surface area contributed by atoms with Crippen LogP contribution in [0.15, 0.2) is 42.7 Å². The second-order valence-corrected chi connectivity index (χ2v) is 6.53. The highest BCUT2D eigenvalue weighted by Crippen LogP contribution is 2.31. The van der Waals surface area contributed by atoms with Gasteiger partial charge in [-0.3, -0.25) is 4.90 Å². The first-order valence-corrected chi connectivity index (χ1v) is 8.92. The number of benzene rings is 1. The van der Waals surface area contributed by atoms with Gasteiger partial charge in [-0.15, -0.1) is 0 Å². The number of aromatic nitrogens is 2. The lowest BCUT2D eigenvalue weighted by atomic mass is 10.0. The van der Waals surface area contributed by atoms with E-state index in [-0.39, 0.29) is 11.3 Å². The van der Waals surface area contributed by atoms with Gasteiger partial charge in [0.15, 0.2) is 0 Å². The van der Waals surface area contributed by atoms with Crippen LogP contribution >= 0.6 is 0 Å². The van der Waals surface area contributed by atoms with Crippen LogP contribution in [0, 0.1) is 11.3 Å². The van der Waals surface area contributed by atoms with Crippen molar-refractivity contribution >= 4 is 17.1 Å². The SMILES string of the molecule is N#Cc1cc(-c2c[nH]c3ncc(/C=C/CN4CCOCC4)cc23)ccc1O. The maximum atomic E-state index is 9.73. The highest BCUT2D eigenvalue weighted by Gasteiger charge is 2.11. The summed E-state index contributed by atoms with van der Waals surface area (Å²) in [6.07, 6.45) is 7.95. The van der Waals surface area contributed by atoms with Crippen LogP contribution in [0.3, 0.4) is 0 Å². The van der Waals surface area contributed by atoms with Crippen LogP contribution < -0.4 is 0 Å². The fourth-order valence-corrected chi connectivity index (χ4v) is 3.26. The molecule has 1 aliphatic rings. The third kappa shape index (κ3) is 3.70. The number of fused-ring (bicyclic) bond motifs is 1. The van der Waals surface area contributed by atoms with Gasteiger partial charge in [0.05, 0.1) is 18.8 Å². The second kappa shape index (κ2) is 7.62. The molecule has 6 nitrogen and oxygen atoms in total. The summed E-state index contributed by atoms with van der Waals surface area (Å²) in [5, 5.41) is 19.9. The van der Waals surface area contributed by atoms with E-state index in [1.165, 1.54) is 0 Å². The van der Waals surface area contributed by atoms with Gasteiger partial charge in [0.1, 0.15) is 17.5 Å². The quantitative estimate of drug-likeness (QED) is 0.746. The normalized spacial score (nSPS) is 15.4. The number of phenolic OH excluding ortho intramolecular Hbond substituents is 1. The number of nitriles is 1. The van der Waals surface area contributed by atoms with Gasteiger partial charge in [-0.2, -0.15) is 5.26 Å². The van der Waals surface area contributed by atoms with E-state index in [0.717, 1.165) is 60.6 Å². The Kier molecular flexibility index (Phi) is 4.88. The Bertz CT molecular complexity index is 1030. The Morgan fingerprint density at radius 1 is 1.30 bits per heavy atom. The number of pyridine rings is 1. The van der Waals surface area contributed by atoms with E-state index in [9.17, 15) is 5.11 Å². The molecule has 1 saturated heterocycles. The summed E-state index contributed by atoms with van der Waals surface area (Å²) < 4.78 is 5.37. The van der Waals surface area contributed by atoms with Crippen molar-refractivity contribution in [1.29, 1.82) is 5.26 Å². The lowest BCUT2D eigenvalue weighted by molar-refractivity contribution is 0.0435. The van der Waals surface area contributed by atoms with Crippen LogP contribution in [-0.2, 0) is 4.74 Å². The minimum Gasteiger partial charge on any atom is -0.507 e. The minimum atomic E-state index is -0.00838. The molecule has 1 fully saturated rings. The topological polar surface area (TPSA) is 85.2 Å². The first kappa shape index (κ1) is 17.3. The van der Waals surface area contributed by atoms with E-state index >= 15 is 0 Å². The molecular weight excluding hydrogens is 340 g/mol. The molecule has 3 aromatic rings. The van der Waals surface area contributed by atoms with E-state index < -0.39 is 0 Å². The second-order valence-electron chi connectivity index (χ2n) is 6.53. The van der Waals surface area contributed by atoms with Crippen molar-refractivity contribution < 1.29 is 9.84 Å². The number of ether oxygens (including phenoxy) is 1. The summed E-state index contributed by atoms with van der Waals surface area (Å²) in [5.41, 5.74) is 3.90. The standard InChI is InChI=1S/C21H20N4O2/c22-12-17-11-16(3-4-20(17)26)19-14-24-21-18(19)10-15(13-23-21)2-1-5-25-6-8-27-9-7-25/h1-4,10-11,13-14,26H,5-9H2,(H,23,24)/b2-1+. The Labute approximate surface area is 157 Å². The van der Waals surface area contributed by atoms with Gasteiger partial charge in [0.2, 0.25) is 0 Å². The number of rotatable bonds is 4. The summed E-state index contributed by atoms with van der Waals surface area (Å²) in [6, 6.07) is 9.15. The van der Waals surface area contributed by atoms with Crippen LogP contribution in [0.4, 0.5) is 0 Å². The molecule has 136 valence electrons. The zero-order valence-electron chi connectivity index (χ0n) is 14.9. The molecule has 0 radical (unpaired) electrons. The highest BCUT2D eigenvalue weighted by molar-refractivity contribution is 5.94. The molecule has 3 heterocycles. The Morgan fingerprint density at radius 3 is 2.96 bits per heavy atom. The van der Waals surface area contributed by atoms with Gasteiger partial charge in [-0.25, -0.2) is 4.98 Å². The number of H-pyrrole nitrogens is 1. The number of aromatic hydroxyl groups is 1. The fraction of sp³-hybridized carbons (Fsp3) is 0.238. The van der Waals surface area contributed by atoms with E-state index in [2.05, 4.69) is 33.1 Å². The van der Waals surface area contributed by atoms with Crippen LogP contribution in [0.2, 0.25) is 0 Å². The summed E-state index contributed by atoms with van der Waals surface area (Å²) in [4.78, 5) is 10.0. The van der Waals surface area contributed by atoms with E-state index in [4.69, 9.17) is 10.00 Å². The average molecular weight is 360 g/mol. The maximum absolute atomic E-state index is 9.73. The lowest BCUT2D eigenvalue weighted by Gasteiger charge is -2.25. The predicted octanol–water partition coefficient (Wildman–Crippen LogP) is 3.15.